The summed E-state index contributed by atoms with van der Waals surface area (Å²) in [5.41, 5.74) is 1.04. The van der Waals surface area contributed by atoms with Crippen molar-refractivity contribution in [3.8, 4) is 0 Å². The summed E-state index contributed by atoms with van der Waals surface area (Å²) in [6.45, 7) is 3.14. The van der Waals surface area contributed by atoms with Gasteiger partial charge in [0.25, 0.3) is 10.1 Å². The van der Waals surface area contributed by atoms with E-state index < -0.39 is 20.1 Å². The molecule has 6 nitrogen and oxygen atoms in total. The molecule has 3 rings (SSSR count). The highest BCUT2D eigenvalue weighted by atomic mass is 32.2. The minimum Gasteiger partial charge on any atom is -0.270 e. The van der Waals surface area contributed by atoms with Crippen LogP contribution in [-0.4, -0.2) is 47.1 Å². The van der Waals surface area contributed by atoms with Gasteiger partial charge < -0.3 is 0 Å². The van der Waals surface area contributed by atoms with Crippen molar-refractivity contribution >= 4 is 20.1 Å². The Kier molecular flexibility index (Phi) is 4.07. The molecule has 2 aliphatic rings. The van der Waals surface area contributed by atoms with Crippen LogP contribution in [-0.2, 0) is 24.3 Å². The molecule has 1 aliphatic carbocycles. The molecule has 0 atom stereocenters. The van der Waals surface area contributed by atoms with Gasteiger partial charge in [-0.25, -0.2) is 8.42 Å². The fraction of sp³-hybridized carbons (Fsp3) is 0.600. The van der Waals surface area contributed by atoms with Gasteiger partial charge in [-0.3, -0.25) is 4.18 Å². The monoisotopic (exact) mass is 359 g/mol. The maximum Gasteiger partial charge on any atom is 0.264 e. The third-order valence-electron chi connectivity index (χ3n) is 4.64. The van der Waals surface area contributed by atoms with Gasteiger partial charge in [-0.15, -0.1) is 0 Å². The van der Waals surface area contributed by atoms with Crippen molar-refractivity contribution in [2.45, 2.75) is 24.7 Å². The molecule has 0 unspecified atom stereocenters. The normalized spacial score (nSPS) is 21.8. The Bertz CT molecular complexity index is 785. The van der Waals surface area contributed by atoms with Crippen LogP contribution in [0, 0.1) is 18.3 Å². The first-order chi connectivity index (χ1) is 10.6. The fourth-order valence-corrected chi connectivity index (χ4v) is 5.60. The SMILES string of the molecule is Cc1ccc(S(=O)(=O)N2CC3(CC(COS(C)(=O)=O)C3)C2)cc1. The quantitative estimate of drug-likeness (QED) is 0.742. The second-order valence-electron chi connectivity index (χ2n) is 6.85. The van der Waals surface area contributed by atoms with E-state index in [1.165, 1.54) is 4.31 Å². The highest BCUT2D eigenvalue weighted by Gasteiger charge is 2.55. The molecule has 0 radical (unpaired) electrons. The van der Waals surface area contributed by atoms with Gasteiger partial charge in [0.15, 0.2) is 0 Å². The van der Waals surface area contributed by atoms with Crippen LogP contribution in [0.15, 0.2) is 29.2 Å². The maximum atomic E-state index is 12.5. The maximum absolute atomic E-state index is 12.5. The van der Waals surface area contributed by atoms with E-state index in [2.05, 4.69) is 0 Å². The lowest BCUT2D eigenvalue weighted by Crippen LogP contribution is -2.64. The highest BCUT2D eigenvalue weighted by Crippen LogP contribution is 2.53. The molecule has 128 valence electrons. The minimum atomic E-state index is -3.41. The van der Waals surface area contributed by atoms with E-state index in [1.807, 2.05) is 6.92 Å². The molecule has 1 saturated carbocycles. The first kappa shape index (κ1) is 16.9. The van der Waals surface area contributed by atoms with Crippen molar-refractivity contribution < 1.29 is 21.0 Å². The zero-order chi connectivity index (χ0) is 16.9. The number of rotatable bonds is 5. The van der Waals surface area contributed by atoms with Crippen molar-refractivity contribution in [2.75, 3.05) is 26.0 Å². The van der Waals surface area contributed by atoms with Crippen LogP contribution < -0.4 is 0 Å². The lowest BCUT2D eigenvalue weighted by molar-refractivity contribution is -0.0648. The summed E-state index contributed by atoms with van der Waals surface area (Å²) >= 11 is 0. The van der Waals surface area contributed by atoms with Gasteiger partial charge in [-0.05, 0) is 43.2 Å². The number of nitrogens with zero attached hydrogens (tertiary/aromatic N) is 1. The number of sulfonamides is 1. The van der Waals surface area contributed by atoms with E-state index in [9.17, 15) is 16.8 Å². The van der Waals surface area contributed by atoms with Gasteiger partial charge in [0.2, 0.25) is 10.0 Å². The van der Waals surface area contributed by atoms with Crippen LogP contribution in [0.4, 0.5) is 0 Å². The largest absolute Gasteiger partial charge is 0.270 e. The van der Waals surface area contributed by atoms with Crippen molar-refractivity contribution in [1.82, 2.24) is 4.31 Å². The van der Waals surface area contributed by atoms with Gasteiger partial charge in [0, 0.05) is 13.1 Å². The lowest BCUT2D eigenvalue weighted by atomic mass is 9.59. The predicted octanol–water partition coefficient (Wildman–Crippen LogP) is 1.37. The van der Waals surface area contributed by atoms with Gasteiger partial charge in [-0.2, -0.15) is 12.7 Å². The predicted molar refractivity (Wildman–Crippen MR) is 85.9 cm³/mol. The first-order valence-electron chi connectivity index (χ1n) is 7.51. The van der Waals surface area contributed by atoms with Crippen LogP contribution in [0.1, 0.15) is 18.4 Å². The number of aryl methyl sites for hydroxylation is 1. The van der Waals surface area contributed by atoms with Crippen molar-refractivity contribution in [3.05, 3.63) is 29.8 Å². The highest BCUT2D eigenvalue weighted by molar-refractivity contribution is 7.89. The Morgan fingerprint density at radius 3 is 2.22 bits per heavy atom. The van der Waals surface area contributed by atoms with E-state index in [-0.39, 0.29) is 17.9 Å². The molecule has 1 spiro atoms. The zero-order valence-electron chi connectivity index (χ0n) is 13.2. The number of hydrogen-bond acceptors (Lipinski definition) is 5. The van der Waals surface area contributed by atoms with Crippen molar-refractivity contribution in [3.63, 3.8) is 0 Å². The number of hydrogen-bond donors (Lipinski definition) is 0. The molecular weight excluding hydrogens is 338 g/mol. The molecule has 1 aromatic rings. The second-order valence-corrected chi connectivity index (χ2v) is 10.4. The second kappa shape index (κ2) is 5.54. The average molecular weight is 359 g/mol. The van der Waals surface area contributed by atoms with Crippen LogP contribution in [0.3, 0.4) is 0 Å². The van der Waals surface area contributed by atoms with Crippen LogP contribution in [0.25, 0.3) is 0 Å². The molecular formula is C15H21NO5S2. The average Bonchev–Trinajstić information content (AvgIpc) is 2.33. The first-order valence-corrected chi connectivity index (χ1v) is 10.8. The van der Waals surface area contributed by atoms with Crippen molar-refractivity contribution in [2.24, 2.45) is 11.3 Å². The van der Waals surface area contributed by atoms with Gasteiger partial charge in [-0.1, -0.05) is 17.7 Å². The molecule has 8 heteroatoms. The van der Waals surface area contributed by atoms with Crippen LogP contribution in [0.5, 0.6) is 0 Å². The Morgan fingerprint density at radius 1 is 1.13 bits per heavy atom. The Balaban J connectivity index is 1.55. The summed E-state index contributed by atoms with van der Waals surface area (Å²) in [5.74, 6) is 0.203. The standard InChI is InChI=1S/C15H21NO5S2/c1-12-3-5-14(6-4-12)23(19,20)16-10-15(11-16)7-13(8-15)9-21-22(2,17)18/h3-6,13H,7-11H2,1-2H3. The lowest BCUT2D eigenvalue weighted by Gasteiger charge is -2.58. The molecule has 1 saturated heterocycles. The topological polar surface area (TPSA) is 80.8 Å². The van der Waals surface area contributed by atoms with E-state index >= 15 is 0 Å². The van der Waals surface area contributed by atoms with Crippen LogP contribution >= 0.6 is 0 Å². The van der Waals surface area contributed by atoms with E-state index in [0.717, 1.165) is 24.7 Å². The smallest absolute Gasteiger partial charge is 0.264 e. The molecule has 1 aliphatic heterocycles. The summed E-state index contributed by atoms with van der Waals surface area (Å²) in [5, 5.41) is 0. The minimum absolute atomic E-state index is 0.0172. The zero-order valence-corrected chi connectivity index (χ0v) is 14.9. The summed E-state index contributed by atoms with van der Waals surface area (Å²) in [4.78, 5) is 0.328. The van der Waals surface area contributed by atoms with Crippen molar-refractivity contribution in [1.29, 1.82) is 0 Å². The molecule has 23 heavy (non-hydrogen) atoms. The molecule has 0 aromatic heterocycles. The molecule has 2 fully saturated rings. The van der Waals surface area contributed by atoms with Gasteiger partial charge in [0.05, 0.1) is 17.8 Å². The van der Waals surface area contributed by atoms with Gasteiger partial charge >= 0.3 is 0 Å². The van der Waals surface area contributed by atoms with E-state index in [1.54, 1.807) is 24.3 Å². The summed E-state index contributed by atoms with van der Waals surface area (Å²) < 4.78 is 53.3. The molecule has 0 N–H and O–H groups in total. The third-order valence-corrected chi connectivity index (χ3v) is 7.01. The summed E-state index contributed by atoms with van der Waals surface area (Å²) in [7, 11) is -6.81. The van der Waals surface area contributed by atoms with Gasteiger partial charge in [0.1, 0.15) is 0 Å². The van der Waals surface area contributed by atoms with E-state index in [0.29, 0.717) is 18.0 Å². The van der Waals surface area contributed by atoms with E-state index in [4.69, 9.17) is 4.18 Å². The summed E-state index contributed by atoms with van der Waals surface area (Å²) in [6, 6.07) is 6.87. The van der Waals surface area contributed by atoms with Crippen LogP contribution in [0.2, 0.25) is 0 Å². The summed E-state index contributed by atoms with van der Waals surface area (Å²) in [6.07, 6.45) is 2.69. The fourth-order valence-electron chi connectivity index (χ4n) is 3.49. The molecule has 0 amide bonds. The third kappa shape index (κ3) is 3.45. The Morgan fingerprint density at radius 2 is 1.70 bits per heavy atom. The number of benzene rings is 1. The molecule has 0 bridgehead atoms. The molecule has 1 aromatic carbocycles. The molecule has 1 heterocycles. The Labute approximate surface area is 137 Å². The Hall–Kier alpha value is -0.960.